The van der Waals surface area contributed by atoms with Gasteiger partial charge >= 0.3 is 0 Å². The monoisotopic (exact) mass is 282 g/mol. The number of nitrogens with one attached hydrogen (secondary N) is 1. The number of carbonyl (C=O) groups excluding carboxylic acids is 1. The minimum Gasteiger partial charge on any atom is -0.393 e. The van der Waals surface area contributed by atoms with E-state index in [0.717, 1.165) is 24.4 Å². The summed E-state index contributed by atoms with van der Waals surface area (Å²) in [5, 5.41) is 13.5. The van der Waals surface area contributed by atoms with E-state index in [9.17, 15) is 9.90 Å². The van der Waals surface area contributed by atoms with Crippen LogP contribution in [0, 0.1) is 17.8 Å². The van der Waals surface area contributed by atoms with Crippen LogP contribution in [0.1, 0.15) is 40.0 Å². The van der Waals surface area contributed by atoms with Crippen LogP contribution in [0.4, 0.5) is 0 Å². The summed E-state index contributed by atoms with van der Waals surface area (Å²) in [6.45, 7) is 6.14. The average Bonchev–Trinajstić information content (AvgIpc) is 2.94. The fourth-order valence-electron chi connectivity index (χ4n) is 3.46. The van der Waals surface area contributed by atoms with Crippen LogP contribution in [0.2, 0.25) is 0 Å². The van der Waals surface area contributed by atoms with Gasteiger partial charge < -0.3 is 10.4 Å². The van der Waals surface area contributed by atoms with Crippen LogP contribution < -0.4 is 5.32 Å². The molecule has 0 radical (unpaired) electrons. The van der Waals surface area contributed by atoms with Gasteiger partial charge in [-0.15, -0.1) is 0 Å². The Morgan fingerprint density at radius 3 is 2.58 bits per heavy atom. The number of amidine groups is 1. The second-order valence-electron chi connectivity index (χ2n) is 6.61. The molecule has 2 N–H and O–H groups in total. The van der Waals surface area contributed by atoms with Crippen molar-refractivity contribution in [2.75, 3.05) is 0 Å². The highest BCUT2D eigenvalue weighted by atomic mass is 32.2. The molecule has 3 aliphatic rings. The molecule has 2 bridgehead atoms. The molecule has 1 amide bonds. The Morgan fingerprint density at radius 1 is 1.37 bits per heavy atom. The number of rotatable bonds is 2. The van der Waals surface area contributed by atoms with Crippen LogP contribution >= 0.6 is 11.8 Å². The molecule has 19 heavy (non-hydrogen) atoms. The van der Waals surface area contributed by atoms with Gasteiger partial charge in [0.25, 0.3) is 0 Å². The first-order valence-corrected chi connectivity index (χ1v) is 7.98. The van der Waals surface area contributed by atoms with E-state index in [1.54, 1.807) is 11.8 Å². The second-order valence-corrected chi connectivity index (χ2v) is 8.05. The van der Waals surface area contributed by atoms with E-state index in [2.05, 4.69) is 19.2 Å². The smallest absolute Gasteiger partial charge is 0.242 e. The number of aliphatic imine (C=N–C) groups is 1. The quantitative estimate of drug-likeness (QED) is 0.811. The van der Waals surface area contributed by atoms with Gasteiger partial charge in [-0.25, -0.2) is 0 Å². The van der Waals surface area contributed by atoms with Crippen molar-refractivity contribution in [1.82, 2.24) is 5.32 Å². The Kier molecular flexibility index (Phi) is 3.17. The van der Waals surface area contributed by atoms with Gasteiger partial charge in [-0.2, -0.15) is 0 Å². The summed E-state index contributed by atoms with van der Waals surface area (Å²) in [6, 6.07) is 0.297. The van der Waals surface area contributed by atoms with Gasteiger partial charge in [-0.3, -0.25) is 9.79 Å². The van der Waals surface area contributed by atoms with Gasteiger partial charge in [-0.05, 0) is 43.9 Å². The van der Waals surface area contributed by atoms with Crippen LogP contribution in [0.25, 0.3) is 0 Å². The van der Waals surface area contributed by atoms with E-state index < -0.39 is 4.75 Å². The number of carbonyl (C=O) groups is 1. The number of nitrogens with zero attached hydrogens (tertiary/aromatic N) is 1. The molecule has 0 spiro atoms. The fraction of sp³-hybridized carbons (Fsp3) is 0.857. The third-order valence-corrected chi connectivity index (χ3v) is 6.63. The zero-order valence-corrected chi connectivity index (χ0v) is 12.5. The van der Waals surface area contributed by atoms with E-state index in [1.807, 2.05) is 6.92 Å². The largest absolute Gasteiger partial charge is 0.393 e. The first-order chi connectivity index (χ1) is 8.90. The van der Waals surface area contributed by atoms with Crippen molar-refractivity contribution in [1.29, 1.82) is 0 Å². The molecule has 1 aliphatic heterocycles. The summed E-state index contributed by atoms with van der Waals surface area (Å²) >= 11 is 1.57. The Morgan fingerprint density at radius 2 is 2.11 bits per heavy atom. The SMILES string of the molecule is CC(C)C1(C)SC(=N[C@H]2C[C@@H]3C[C@@H]2C[C@@H]3O)NC1=O. The molecule has 3 fully saturated rings. The molecule has 5 atom stereocenters. The number of fused-ring (bicyclic) bond motifs is 2. The average molecular weight is 282 g/mol. The number of hydrogen-bond donors (Lipinski definition) is 2. The van der Waals surface area contributed by atoms with E-state index in [4.69, 9.17) is 4.99 Å². The molecule has 0 aromatic heterocycles. The van der Waals surface area contributed by atoms with Crippen LogP contribution in [-0.4, -0.2) is 33.1 Å². The molecule has 0 aromatic carbocycles. The maximum Gasteiger partial charge on any atom is 0.242 e. The van der Waals surface area contributed by atoms with Crippen molar-refractivity contribution < 1.29 is 9.90 Å². The number of amides is 1. The number of thioether (sulfide) groups is 1. The molecule has 1 unspecified atom stereocenters. The van der Waals surface area contributed by atoms with Crippen molar-refractivity contribution in [3.05, 3.63) is 0 Å². The first kappa shape index (κ1) is 13.4. The maximum atomic E-state index is 12.1. The third kappa shape index (κ3) is 2.11. The highest BCUT2D eigenvalue weighted by Crippen LogP contribution is 2.47. The van der Waals surface area contributed by atoms with Crippen molar-refractivity contribution in [3.63, 3.8) is 0 Å². The van der Waals surface area contributed by atoms with Gasteiger partial charge in [0.05, 0.1) is 12.1 Å². The van der Waals surface area contributed by atoms with Crippen LogP contribution in [-0.2, 0) is 4.79 Å². The summed E-state index contributed by atoms with van der Waals surface area (Å²) in [6.07, 6.45) is 2.84. The van der Waals surface area contributed by atoms with E-state index >= 15 is 0 Å². The Balaban J connectivity index is 1.72. The van der Waals surface area contributed by atoms with Crippen LogP contribution in [0.15, 0.2) is 4.99 Å². The summed E-state index contributed by atoms with van der Waals surface area (Å²) in [5.74, 6) is 1.30. The molecule has 1 saturated heterocycles. The Bertz CT molecular complexity index is 435. The molecule has 2 saturated carbocycles. The summed E-state index contributed by atoms with van der Waals surface area (Å²) in [5.41, 5.74) is 0. The predicted octanol–water partition coefficient (Wildman–Crippen LogP) is 1.78. The Hall–Kier alpha value is -0.550. The van der Waals surface area contributed by atoms with Gasteiger partial charge in [0.1, 0.15) is 4.75 Å². The van der Waals surface area contributed by atoms with Crippen molar-refractivity contribution in [3.8, 4) is 0 Å². The number of hydrogen-bond acceptors (Lipinski definition) is 4. The molecular formula is C14H22N2O2S. The molecule has 2 aliphatic carbocycles. The molecular weight excluding hydrogens is 260 g/mol. The van der Waals surface area contributed by atoms with Crippen molar-refractivity contribution >= 4 is 22.8 Å². The lowest BCUT2D eigenvalue weighted by atomic mass is 9.94. The second kappa shape index (κ2) is 4.48. The topological polar surface area (TPSA) is 61.7 Å². The van der Waals surface area contributed by atoms with Gasteiger partial charge in [0.2, 0.25) is 5.91 Å². The minimum atomic E-state index is -0.393. The summed E-state index contributed by atoms with van der Waals surface area (Å²) in [4.78, 5) is 16.8. The van der Waals surface area contributed by atoms with Gasteiger partial charge in [-0.1, -0.05) is 25.6 Å². The fourth-order valence-corrected chi connectivity index (χ4v) is 4.57. The highest BCUT2D eigenvalue weighted by molar-refractivity contribution is 8.16. The maximum absolute atomic E-state index is 12.1. The standard InChI is InChI=1S/C14H22N2O2S/c1-7(2)14(3)12(18)16-13(19-14)15-10-5-9-4-8(10)6-11(9)17/h7-11,17H,4-6H2,1-3H3,(H,15,16,18)/t8-,9+,10+,11+,14?/m1/s1. The molecule has 3 rings (SSSR count). The summed E-state index contributed by atoms with van der Waals surface area (Å²) in [7, 11) is 0. The lowest BCUT2D eigenvalue weighted by Crippen LogP contribution is -2.38. The zero-order valence-electron chi connectivity index (χ0n) is 11.7. The third-order valence-electron chi connectivity index (χ3n) is 5.15. The van der Waals surface area contributed by atoms with E-state index in [0.29, 0.717) is 17.9 Å². The first-order valence-electron chi connectivity index (χ1n) is 7.16. The Labute approximate surface area is 118 Å². The van der Waals surface area contributed by atoms with E-state index in [-0.39, 0.29) is 17.9 Å². The minimum absolute atomic E-state index is 0.0782. The molecule has 5 heteroatoms. The number of aliphatic hydroxyl groups is 1. The van der Waals surface area contributed by atoms with Crippen molar-refractivity contribution in [2.45, 2.75) is 56.9 Å². The molecule has 1 heterocycles. The lowest BCUT2D eigenvalue weighted by Gasteiger charge is -2.23. The van der Waals surface area contributed by atoms with Crippen LogP contribution in [0.3, 0.4) is 0 Å². The van der Waals surface area contributed by atoms with Crippen LogP contribution in [0.5, 0.6) is 0 Å². The van der Waals surface area contributed by atoms with Crippen molar-refractivity contribution in [2.24, 2.45) is 22.7 Å². The van der Waals surface area contributed by atoms with Gasteiger partial charge in [0, 0.05) is 0 Å². The lowest BCUT2D eigenvalue weighted by molar-refractivity contribution is -0.122. The summed E-state index contributed by atoms with van der Waals surface area (Å²) < 4.78 is -0.393. The predicted molar refractivity (Wildman–Crippen MR) is 77.0 cm³/mol. The zero-order chi connectivity index (χ0) is 13.8. The molecule has 4 nitrogen and oxygen atoms in total. The normalized spacial score (nSPS) is 47.4. The molecule has 106 valence electrons. The highest BCUT2D eigenvalue weighted by Gasteiger charge is 2.48. The van der Waals surface area contributed by atoms with E-state index in [1.165, 1.54) is 0 Å². The molecule has 0 aromatic rings. The number of aliphatic hydroxyl groups excluding tert-OH is 1. The van der Waals surface area contributed by atoms with Gasteiger partial charge in [0.15, 0.2) is 5.17 Å².